The van der Waals surface area contributed by atoms with Gasteiger partial charge in [-0.3, -0.25) is 4.99 Å². The minimum Gasteiger partial charge on any atom is -0.494 e. The van der Waals surface area contributed by atoms with E-state index in [-0.39, 0.29) is 11.4 Å². The number of carboxylic acid groups (broad SMARTS) is 1. The summed E-state index contributed by atoms with van der Waals surface area (Å²) in [6.45, 7) is 0. The highest BCUT2D eigenvalue weighted by molar-refractivity contribution is 6.03. The molecule has 0 aliphatic heterocycles. The Morgan fingerprint density at radius 1 is 1.10 bits per heavy atom. The predicted octanol–water partition coefficient (Wildman–Crippen LogP) is 3.32. The maximum absolute atomic E-state index is 11.1. The molecule has 0 aliphatic carbocycles. The van der Waals surface area contributed by atoms with Crippen molar-refractivity contribution < 1.29 is 15.0 Å². The Morgan fingerprint density at radius 2 is 1.81 bits per heavy atom. The Kier molecular flexibility index (Phi) is 3.16. The molecule has 3 N–H and O–H groups in total. The molecule has 1 aromatic heterocycles. The lowest BCUT2D eigenvalue weighted by Crippen LogP contribution is -1.96. The summed E-state index contributed by atoms with van der Waals surface area (Å²) in [6.07, 6.45) is 1.47. The highest BCUT2D eigenvalue weighted by Gasteiger charge is 2.10. The molecule has 3 aromatic rings. The van der Waals surface area contributed by atoms with Crippen LogP contribution in [0.1, 0.15) is 15.9 Å². The molecule has 0 spiro atoms. The Labute approximate surface area is 120 Å². The number of carbonyl (C=O) groups is 1. The maximum atomic E-state index is 11.1. The summed E-state index contributed by atoms with van der Waals surface area (Å²) in [7, 11) is 0. The van der Waals surface area contributed by atoms with E-state index in [1.165, 1.54) is 12.3 Å². The first-order valence-electron chi connectivity index (χ1n) is 6.33. The van der Waals surface area contributed by atoms with Crippen molar-refractivity contribution in [2.24, 2.45) is 4.99 Å². The van der Waals surface area contributed by atoms with Gasteiger partial charge in [-0.1, -0.05) is 30.3 Å². The van der Waals surface area contributed by atoms with E-state index in [4.69, 9.17) is 5.11 Å². The van der Waals surface area contributed by atoms with Gasteiger partial charge >= 0.3 is 5.97 Å². The zero-order valence-corrected chi connectivity index (χ0v) is 10.9. The highest BCUT2D eigenvalue weighted by atomic mass is 16.4. The first-order valence-corrected chi connectivity index (χ1v) is 6.33. The Balaban J connectivity index is 2.07. The average Bonchev–Trinajstić information content (AvgIpc) is 2.81. The standard InChI is InChI=1S/C16H12N2O3/c19-15-12(10-5-1-4-8-14(10)18-15)9-17-13-7-3-2-6-11(13)16(20)21/h1-9,18-19H,(H,20,21). The lowest BCUT2D eigenvalue weighted by Gasteiger charge is -1.99. The quantitative estimate of drug-likeness (QED) is 0.643. The number of para-hydroxylation sites is 2. The summed E-state index contributed by atoms with van der Waals surface area (Å²) in [5, 5.41) is 19.9. The molecule has 0 unspecified atom stereocenters. The molecular weight excluding hydrogens is 268 g/mol. The zero-order chi connectivity index (χ0) is 14.8. The van der Waals surface area contributed by atoms with E-state index in [9.17, 15) is 9.90 Å². The van der Waals surface area contributed by atoms with Crippen LogP contribution in [-0.2, 0) is 0 Å². The molecule has 0 atom stereocenters. The second kappa shape index (κ2) is 5.13. The van der Waals surface area contributed by atoms with Crippen LogP contribution < -0.4 is 0 Å². The summed E-state index contributed by atoms with van der Waals surface area (Å²) in [4.78, 5) is 18.2. The first kappa shape index (κ1) is 12.9. The van der Waals surface area contributed by atoms with E-state index in [0.29, 0.717) is 11.3 Å². The number of H-pyrrole nitrogens is 1. The van der Waals surface area contributed by atoms with Crippen molar-refractivity contribution >= 4 is 28.8 Å². The van der Waals surface area contributed by atoms with Crippen LogP contribution in [0, 0.1) is 0 Å². The summed E-state index contributed by atoms with van der Waals surface area (Å²) < 4.78 is 0. The minimum absolute atomic E-state index is 0.00718. The number of hydrogen-bond donors (Lipinski definition) is 3. The fourth-order valence-corrected chi connectivity index (χ4v) is 2.18. The van der Waals surface area contributed by atoms with Gasteiger partial charge in [0.25, 0.3) is 0 Å². The first-order chi connectivity index (χ1) is 10.2. The number of aromatic nitrogens is 1. The number of aromatic hydroxyl groups is 1. The summed E-state index contributed by atoms with van der Waals surface area (Å²) in [5.74, 6) is -1.03. The van der Waals surface area contributed by atoms with Crippen molar-refractivity contribution in [2.45, 2.75) is 0 Å². The Bertz CT molecular complexity index is 850. The van der Waals surface area contributed by atoms with Crippen molar-refractivity contribution in [2.75, 3.05) is 0 Å². The molecule has 3 rings (SSSR count). The second-order valence-electron chi connectivity index (χ2n) is 4.51. The van der Waals surface area contributed by atoms with E-state index in [1.807, 2.05) is 24.3 Å². The van der Waals surface area contributed by atoms with Crippen LogP contribution in [0.3, 0.4) is 0 Å². The summed E-state index contributed by atoms with van der Waals surface area (Å²) in [5.41, 5.74) is 1.79. The molecule has 0 fully saturated rings. The maximum Gasteiger partial charge on any atom is 0.337 e. The fourth-order valence-electron chi connectivity index (χ4n) is 2.18. The van der Waals surface area contributed by atoms with E-state index in [0.717, 1.165) is 10.9 Å². The van der Waals surface area contributed by atoms with Crippen molar-refractivity contribution in [3.8, 4) is 5.88 Å². The molecule has 0 radical (unpaired) electrons. The van der Waals surface area contributed by atoms with Crippen LogP contribution in [0.25, 0.3) is 10.9 Å². The number of benzene rings is 2. The number of aromatic amines is 1. The molecule has 5 nitrogen and oxygen atoms in total. The number of nitrogens with one attached hydrogen (secondary N) is 1. The number of aromatic carboxylic acids is 1. The lowest BCUT2D eigenvalue weighted by atomic mass is 10.1. The van der Waals surface area contributed by atoms with E-state index in [1.54, 1.807) is 18.2 Å². The molecule has 0 saturated heterocycles. The Morgan fingerprint density at radius 3 is 2.62 bits per heavy atom. The van der Waals surface area contributed by atoms with Crippen molar-refractivity contribution in [1.29, 1.82) is 0 Å². The molecule has 5 heteroatoms. The van der Waals surface area contributed by atoms with Gasteiger partial charge in [-0.2, -0.15) is 0 Å². The van der Waals surface area contributed by atoms with Crippen LogP contribution in [0.2, 0.25) is 0 Å². The number of aliphatic imine (C=N–C) groups is 1. The molecular formula is C16H12N2O3. The number of carboxylic acids is 1. The number of hydrogen-bond acceptors (Lipinski definition) is 3. The van der Waals surface area contributed by atoms with Gasteiger partial charge in [0.1, 0.15) is 0 Å². The zero-order valence-electron chi connectivity index (χ0n) is 10.9. The topological polar surface area (TPSA) is 85.7 Å². The van der Waals surface area contributed by atoms with Gasteiger partial charge in [-0.25, -0.2) is 4.79 Å². The van der Waals surface area contributed by atoms with Gasteiger partial charge in [0.05, 0.1) is 16.8 Å². The lowest BCUT2D eigenvalue weighted by molar-refractivity contribution is 0.0698. The van der Waals surface area contributed by atoms with Gasteiger partial charge in [0.15, 0.2) is 5.88 Å². The third-order valence-electron chi connectivity index (χ3n) is 3.19. The number of rotatable bonds is 3. The van der Waals surface area contributed by atoms with Crippen molar-refractivity contribution in [3.63, 3.8) is 0 Å². The minimum atomic E-state index is -1.04. The van der Waals surface area contributed by atoms with E-state index in [2.05, 4.69) is 9.98 Å². The monoisotopic (exact) mass is 280 g/mol. The van der Waals surface area contributed by atoms with Gasteiger partial charge in [0.2, 0.25) is 0 Å². The summed E-state index contributed by atoms with van der Waals surface area (Å²) >= 11 is 0. The molecule has 0 amide bonds. The van der Waals surface area contributed by atoms with Gasteiger partial charge < -0.3 is 15.2 Å². The molecule has 0 bridgehead atoms. The van der Waals surface area contributed by atoms with Crippen LogP contribution in [0.4, 0.5) is 5.69 Å². The molecule has 1 heterocycles. The van der Waals surface area contributed by atoms with Crippen molar-refractivity contribution in [3.05, 3.63) is 59.7 Å². The van der Waals surface area contributed by atoms with Crippen LogP contribution >= 0.6 is 0 Å². The Hall–Kier alpha value is -3.08. The smallest absolute Gasteiger partial charge is 0.337 e. The predicted molar refractivity (Wildman–Crippen MR) is 80.6 cm³/mol. The largest absolute Gasteiger partial charge is 0.494 e. The van der Waals surface area contributed by atoms with Crippen LogP contribution in [0.5, 0.6) is 5.88 Å². The number of fused-ring (bicyclic) bond motifs is 1. The average molecular weight is 280 g/mol. The molecule has 0 saturated carbocycles. The normalized spacial score (nSPS) is 11.2. The summed E-state index contributed by atoms with van der Waals surface area (Å²) in [6, 6.07) is 13.9. The molecule has 104 valence electrons. The molecule has 2 aromatic carbocycles. The highest BCUT2D eigenvalue weighted by Crippen LogP contribution is 2.26. The van der Waals surface area contributed by atoms with Crippen LogP contribution in [0.15, 0.2) is 53.5 Å². The number of nitrogens with zero attached hydrogens (tertiary/aromatic N) is 1. The van der Waals surface area contributed by atoms with Crippen LogP contribution in [-0.4, -0.2) is 27.4 Å². The second-order valence-corrected chi connectivity index (χ2v) is 4.51. The molecule has 0 aliphatic rings. The third-order valence-corrected chi connectivity index (χ3v) is 3.19. The molecule has 21 heavy (non-hydrogen) atoms. The van der Waals surface area contributed by atoms with Gasteiger partial charge in [-0.15, -0.1) is 0 Å². The van der Waals surface area contributed by atoms with E-state index >= 15 is 0 Å². The van der Waals surface area contributed by atoms with E-state index < -0.39 is 5.97 Å². The SMILES string of the molecule is O=C(O)c1ccccc1N=Cc1c(O)[nH]c2ccccc12. The van der Waals surface area contributed by atoms with Gasteiger partial charge in [-0.05, 0) is 18.2 Å². The fraction of sp³-hybridized carbons (Fsp3) is 0. The van der Waals surface area contributed by atoms with Gasteiger partial charge in [0, 0.05) is 17.1 Å². The van der Waals surface area contributed by atoms with Crippen molar-refractivity contribution in [1.82, 2.24) is 4.98 Å². The third kappa shape index (κ3) is 2.36.